The van der Waals surface area contributed by atoms with Crippen LogP contribution in [0.1, 0.15) is 12.5 Å². The summed E-state index contributed by atoms with van der Waals surface area (Å²) in [5, 5.41) is 4.96. The SMILES string of the molecule is C[C@@H]1C=CC(n2c3ccccc3c3ccccc32)=CC=C1c1ccc2c(c1)-c1cccc3cccc(c13)O2. The first-order chi connectivity index (χ1) is 18.8. The van der Waals surface area contributed by atoms with E-state index in [0.29, 0.717) is 0 Å². The van der Waals surface area contributed by atoms with Crippen LogP contribution in [0.3, 0.4) is 0 Å². The Balaban J connectivity index is 1.28. The van der Waals surface area contributed by atoms with Gasteiger partial charge in [-0.2, -0.15) is 0 Å². The van der Waals surface area contributed by atoms with E-state index in [1.54, 1.807) is 0 Å². The molecule has 0 fully saturated rings. The fourth-order valence-electron chi connectivity index (χ4n) is 6.18. The molecule has 1 aliphatic carbocycles. The number of hydrogen-bond donors (Lipinski definition) is 0. The smallest absolute Gasteiger partial charge is 0.135 e. The van der Waals surface area contributed by atoms with Crippen molar-refractivity contribution in [2.24, 2.45) is 5.92 Å². The van der Waals surface area contributed by atoms with E-state index in [0.717, 1.165) is 17.1 Å². The van der Waals surface area contributed by atoms with Crippen LogP contribution < -0.4 is 4.74 Å². The molecule has 0 saturated carbocycles. The van der Waals surface area contributed by atoms with Gasteiger partial charge in [0.25, 0.3) is 0 Å². The zero-order chi connectivity index (χ0) is 25.2. The van der Waals surface area contributed by atoms with Crippen molar-refractivity contribution in [3.05, 3.63) is 133 Å². The maximum atomic E-state index is 6.34. The minimum atomic E-state index is 0.266. The normalized spacial score (nSPS) is 16.2. The highest BCUT2D eigenvalue weighted by Crippen LogP contribution is 2.47. The third-order valence-corrected chi connectivity index (χ3v) is 8.01. The van der Waals surface area contributed by atoms with Crippen molar-refractivity contribution in [2.75, 3.05) is 0 Å². The third kappa shape index (κ3) is 3.07. The molecule has 0 radical (unpaired) electrons. The Kier molecular flexibility index (Phi) is 4.53. The number of allylic oxidation sites excluding steroid dienone is 6. The lowest BCUT2D eigenvalue weighted by atomic mass is 9.89. The Bertz CT molecular complexity index is 1960. The minimum Gasteiger partial charge on any atom is -0.456 e. The number of hydrogen-bond acceptors (Lipinski definition) is 1. The molecule has 1 atom stereocenters. The lowest BCUT2D eigenvalue weighted by Crippen LogP contribution is -2.00. The number of aromatic nitrogens is 1. The maximum Gasteiger partial charge on any atom is 0.135 e. The van der Waals surface area contributed by atoms with Gasteiger partial charge in [-0.3, -0.25) is 0 Å². The van der Waals surface area contributed by atoms with Crippen LogP contribution in [-0.2, 0) is 0 Å². The van der Waals surface area contributed by atoms with Gasteiger partial charge in [-0.05, 0) is 70.5 Å². The number of para-hydroxylation sites is 2. The molecule has 2 heteroatoms. The fraction of sp³-hybridized carbons (Fsp3) is 0.0556. The average Bonchev–Trinajstić information content (AvgIpc) is 3.17. The summed E-state index contributed by atoms with van der Waals surface area (Å²) < 4.78 is 8.72. The Morgan fingerprint density at radius 1 is 0.658 bits per heavy atom. The molecule has 8 rings (SSSR count). The zero-order valence-electron chi connectivity index (χ0n) is 21.1. The van der Waals surface area contributed by atoms with E-state index in [1.165, 1.54) is 55.0 Å². The minimum absolute atomic E-state index is 0.266. The molecule has 0 bridgehead atoms. The summed E-state index contributed by atoms with van der Waals surface area (Å²) in [6, 6.07) is 36.7. The zero-order valence-corrected chi connectivity index (χ0v) is 21.1. The van der Waals surface area contributed by atoms with Crippen molar-refractivity contribution in [3.63, 3.8) is 0 Å². The van der Waals surface area contributed by atoms with Crippen LogP contribution in [0.2, 0.25) is 0 Å². The molecule has 1 aliphatic heterocycles. The highest BCUT2D eigenvalue weighted by Gasteiger charge is 2.22. The fourth-order valence-corrected chi connectivity index (χ4v) is 6.18. The molecule has 0 saturated heterocycles. The second-order valence-electron chi connectivity index (χ2n) is 10.2. The number of benzene rings is 5. The van der Waals surface area contributed by atoms with E-state index in [9.17, 15) is 0 Å². The lowest BCUT2D eigenvalue weighted by molar-refractivity contribution is 0.487. The summed E-state index contributed by atoms with van der Waals surface area (Å²) in [7, 11) is 0. The van der Waals surface area contributed by atoms with Gasteiger partial charge in [-0.15, -0.1) is 0 Å². The summed E-state index contributed by atoms with van der Waals surface area (Å²) in [5.41, 5.74) is 8.54. The standard InChI is InChI=1S/C36H25NO/c1-23-16-18-26(37-32-13-4-2-10-28(32)29-11-3-5-14-33(29)37)19-20-27(23)25-17-21-34-31(22-25)30-12-6-8-24-9-7-15-35(38-34)36(24)30/h2-23H,1H3/t23-/m1/s1. The molecular weight excluding hydrogens is 462 g/mol. The monoisotopic (exact) mass is 487 g/mol. The third-order valence-electron chi connectivity index (χ3n) is 8.01. The molecule has 0 amide bonds. The Hall–Kier alpha value is -4.82. The average molecular weight is 488 g/mol. The predicted octanol–water partition coefficient (Wildman–Crippen LogP) is 9.85. The largest absolute Gasteiger partial charge is 0.456 e. The predicted molar refractivity (Wildman–Crippen MR) is 159 cm³/mol. The number of fused-ring (bicyclic) bond motifs is 5. The molecule has 2 heterocycles. The molecule has 6 aromatic rings. The molecule has 5 aromatic carbocycles. The molecular formula is C36H25NO. The maximum absolute atomic E-state index is 6.34. The molecule has 0 spiro atoms. The highest BCUT2D eigenvalue weighted by molar-refractivity contribution is 6.10. The lowest BCUT2D eigenvalue weighted by Gasteiger charge is -2.22. The molecule has 0 unspecified atom stereocenters. The first kappa shape index (κ1) is 21.3. The Morgan fingerprint density at radius 2 is 1.39 bits per heavy atom. The van der Waals surface area contributed by atoms with Crippen molar-refractivity contribution < 1.29 is 4.74 Å². The summed E-state index contributed by atoms with van der Waals surface area (Å²) in [6.45, 7) is 2.27. The number of rotatable bonds is 2. The molecule has 1 aromatic heterocycles. The van der Waals surface area contributed by atoms with Gasteiger partial charge in [0.05, 0.1) is 11.0 Å². The van der Waals surface area contributed by atoms with E-state index in [1.807, 2.05) is 0 Å². The summed E-state index contributed by atoms with van der Waals surface area (Å²) in [5.74, 6) is 2.11. The number of ether oxygens (including phenoxy) is 1. The van der Waals surface area contributed by atoms with Gasteiger partial charge in [-0.1, -0.05) is 91.9 Å². The topological polar surface area (TPSA) is 14.2 Å². The van der Waals surface area contributed by atoms with Crippen molar-refractivity contribution >= 4 is 43.8 Å². The summed E-state index contributed by atoms with van der Waals surface area (Å²) in [4.78, 5) is 0. The molecule has 0 N–H and O–H groups in total. The van der Waals surface area contributed by atoms with Gasteiger partial charge >= 0.3 is 0 Å². The van der Waals surface area contributed by atoms with Gasteiger partial charge in [0.1, 0.15) is 11.5 Å². The van der Waals surface area contributed by atoms with Crippen LogP contribution >= 0.6 is 0 Å². The van der Waals surface area contributed by atoms with Crippen LogP contribution in [0, 0.1) is 5.92 Å². The van der Waals surface area contributed by atoms with E-state index in [4.69, 9.17) is 4.74 Å². The first-order valence-corrected chi connectivity index (χ1v) is 13.2. The van der Waals surface area contributed by atoms with Crippen LogP contribution in [-0.4, -0.2) is 4.57 Å². The van der Waals surface area contributed by atoms with Crippen LogP contribution in [0.25, 0.3) is 55.0 Å². The van der Waals surface area contributed by atoms with Crippen LogP contribution in [0.4, 0.5) is 0 Å². The van der Waals surface area contributed by atoms with Crippen molar-refractivity contribution in [2.45, 2.75) is 6.92 Å². The number of nitrogens with zero attached hydrogens (tertiary/aromatic N) is 1. The van der Waals surface area contributed by atoms with Crippen LogP contribution in [0.15, 0.2) is 127 Å². The van der Waals surface area contributed by atoms with Crippen molar-refractivity contribution in [1.82, 2.24) is 4.57 Å². The second kappa shape index (κ2) is 8.09. The van der Waals surface area contributed by atoms with E-state index < -0.39 is 0 Å². The van der Waals surface area contributed by atoms with Gasteiger partial charge in [-0.25, -0.2) is 0 Å². The molecule has 38 heavy (non-hydrogen) atoms. The van der Waals surface area contributed by atoms with E-state index in [-0.39, 0.29) is 5.92 Å². The Labute approximate surface area is 221 Å². The quantitative estimate of drug-likeness (QED) is 0.237. The van der Waals surface area contributed by atoms with Gasteiger partial charge in [0, 0.05) is 27.4 Å². The molecule has 2 aliphatic rings. The van der Waals surface area contributed by atoms with Crippen LogP contribution in [0.5, 0.6) is 11.5 Å². The van der Waals surface area contributed by atoms with Gasteiger partial charge in [0.15, 0.2) is 0 Å². The van der Waals surface area contributed by atoms with Gasteiger partial charge in [0.2, 0.25) is 0 Å². The van der Waals surface area contributed by atoms with Crippen molar-refractivity contribution in [1.29, 1.82) is 0 Å². The Morgan fingerprint density at radius 3 is 2.18 bits per heavy atom. The molecule has 180 valence electrons. The second-order valence-corrected chi connectivity index (χ2v) is 10.2. The van der Waals surface area contributed by atoms with Crippen molar-refractivity contribution in [3.8, 4) is 22.6 Å². The van der Waals surface area contributed by atoms with E-state index in [2.05, 4.69) is 139 Å². The highest BCUT2D eigenvalue weighted by atomic mass is 16.5. The first-order valence-electron chi connectivity index (χ1n) is 13.2. The summed E-state index contributed by atoms with van der Waals surface area (Å²) >= 11 is 0. The molecule has 2 nitrogen and oxygen atoms in total. The van der Waals surface area contributed by atoms with E-state index >= 15 is 0 Å². The summed E-state index contributed by atoms with van der Waals surface area (Å²) in [6.07, 6.45) is 9.15. The van der Waals surface area contributed by atoms with Gasteiger partial charge < -0.3 is 9.30 Å².